The quantitative estimate of drug-likeness (QED) is 0.716. The summed E-state index contributed by atoms with van der Waals surface area (Å²) in [5.41, 5.74) is 5.30. The van der Waals surface area contributed by atoms with Crippen LogP contribution in [0.4, 0.5) is 0 Å². The maximum absolute atomic E-state index is 5.30. The maximum atomic E-state index is 5.30. The zero-order chi connectivity index (χ0) is 9.36. The topological polar surface area (TPSA) is 46.7 Å². The number of nitrogens with zero attached hydrogens (tertiary/aromatic N) is 1. The van der Waals surface area contributed by atoms with Crippen LogP contribution < -0.4 is 5.73 Å². The highest BCUT2D eigenvalue weighted by Crippen LogP contribution is 1.86. The lowest BCUT2D eigenvalue weighted by atomic mass is 10.6. The molecule has 0 bridgehead atoms. The van der Waals surface area contributed by atoms with Gasteiger partial charge in [0.05, 0.1) is 0 Å². The Kier molecular flexibility index (Phi) is 4.49. The molecule has 0 radical (unpaired) electrons. The van der Waals surface area contributed by atoms with E-state index in [1.807, 2.05) is 49.1 Å². The third-order valence-electron chi connectivity index (χ3n) is 1.55. The molecule has 0 amide bonds. The zero-order valence-corrected chi connectivity index (χ0v) is 7.56. The van der Waals surface area contributed by atoms with Crippen LogP contribution >= 0.6 is 0 Å². The van der Waals surface area contributed by atoms with Gasteiger partial charge in [-0.1, -0.05) is 0 Å². The first-order valence-electron chi connectivity index (χ1n) is 4.32. The molecule has 0 spiro atoms. The molecule has 0 aliphatic heterocycles. The van der Waals surface area contributed by atoms with Gasteiger partial charge in [-0.25, -0.2) is 0 Å². The highest BCUT2D eigenvalue weighted by molar-refractivity contribution is 4.90. The van der Waals surface area contributed by atoms with Crippen LogP contribution in [0, 0.1) is 0 Å². The van der Waals surface area contributed by atoms with Gasteiger partial charge in [0.2, 0.25) is 0 Å². The molecule has 0 atom stereocenters. The van der Waals surface area contributed by atoms with Crippen molar-refractivity contribution >= 4 is 0 Å². The number of H-pyrrole nitrogens is 1. The molecule has 0 aliphatic carbocycles. The fraction of sp³-hybridized carbons (Fsp3) is 0.200. The number of nitrogens with two attached hydrogens (primary N) is 1. The van der Waals surface area contributed by atoms with Gasteiger partial charge in [-0.15, -0.1) is 0 Å². The third-order valence-corrected chi connectivity index (χ3v) is 1.55. The van der Waals surface area contributed by atoms with Crippen LogP contribution in [0.1, 0.15) is 0 Å². The summed E-state index contributed by atoms with van der Waals surface area (Å²) in [6.07, 6.45) is 7.76. The second kappa shape index (κ2) is 6.08. The Bertz CT molecular complexity index is 254. The van der Waals surface area contributed by atoms with Gasteiger partial charge >= 0.3 is 0 Å². The summed E-state index contributed by atoms with van der Waals surface area (Å²) < 4.78 is 2.06. The highest BCUT2D eigenvalue weighted by atomic mass is 14.9. The highest BCUT2D eigenvalue weighted by Gasteiger charge is 1.80. The van der Waals surface area contributed by atoms with Crippen molar-refractivity contribution < 1.29 is 0 Å². The number of aromatic nitrogens is 2. The summed E-state index contributed by atoms with van der Waals surface area (Å²) in [7, 11) is 0. The van der Waals surface area contributed by atoms with E-state index in [9.17, 15) is 0 Å². The molecular weight excluding hydrogens is 162 g/mol. The monoisotopic (exact) mass is 177 g/mol. The van der Waals surface area contributed by atoms with Crippen LogP contribution in [-0.2, 0) is 6.54 Å². The van der Waals surface area contributed by atoms with Crippen LogP contribution in [0.25, 0.3) is 0 Å². The van der Waals surface area contributed by atoms with E-state index in [1.165, 1.54) is 0 Å². The van der Waals surface area contributed by atoms with E-state index in [2.05, 4.69) is 9.55 Å². The van der Waals surface area contributed by atoms with Gasteiger partial charge in [0.25, 0.3) is 0 Å². The van der Waals surface area contributed by atoms with Crippen LogP contribution in [-0.4, -0.2) is 16.1 Å². The second-order valence-electron chi connectivity index (χ2n) is 2.59. The van der Waals surface area contributed by atoms with Gasteiger partial charge in [0, 0.05) is 37.9 Å². The van der Waals surface area contributed by atoms with E-state index in [-0.39, 0.29) is 0 Å². The molecule has 0 saturated carbocycles. The van der Waals surface area contributed by atoms with Crippen molar-refractivity contribution in [2.75, 3.05) is 6.54 Å². The number of nitrogens with one attached hydrogen (secondary N) is 1. The summed E-state index contributed by atoms with van der Waals surface area (Å²) >= 11 is 0. The summed E-state index contributed by atoms with van der Waals surface area (Å²) in [5, 5.41) is 0. The molecule has 2 aromatic rings. The van der Waals surface area contributed by atoms with Crippen molar-refractivity contribution in [3.63, 3.8) is 0 Å². The Morgan fingerprint density at radius 1 is 1.00 bits per heavy atom. The molecule has 3 nitrogen and oxygen atoms in total. The standard InChI is InChI=1S/C6H10N2.C4H5N/c7-3-6-8-4-1-2-5-8;1-2-4-5-3-1/h1-2,4-5H,3,6-7H2;1-5H. The van der Waals surface area contributed by atoms with Gasteiger partial charge in [-0.2, -0.15) is 0 Å². The summed E-state index contributed by atoms with van der Waals surface area (Å²) in [4.78, 5) is 2.86. The van der Waals surface area contributed by atoms with Crippen molar-refractivity contribution in [2.45, 2.75) is 6.54 Å². The second-order valence-corrected chi connectivity index (χ2v) is 2.59. The van der Waals surface area contributed by atoms with E-state index in [0.717, 1.165) is 6.54 Å². The van der Waals surface area contributed by atoms with Crippen LogP contribution in [0.2, 0.25) is 0 Å². The van der Waals surface area contributed by atoms with E-state index in [0.29, 0.717) is 6.54 Å². The first kappa shape index (κ1) is 9.61. The Morgan fingerprint density at radius 3 is 2.00 bits per heavy atom. The van der Waals surface area contributed by atoms with Crippen molar-refractivity contribution in [2.24, 2.45) is 5.73 Å². The van der Waals surface area contributed by atoms with E-state index in [4.69, 9.17) is 5.73 Å². The van der Waals surface area contributed by atoms with Crippen molar-refractivity contribution in [3.05, 3.63) is 49.1 Å². The fourth-order valence-corrected chi connectivity index (χ4v) is 0.946. The molecule has 2 aromatic heterocycles. The van der Waals surface area contributed by atoms with Crippen molar-refractivity contribution in [1.29, 1.82) is 0 Å². The van der Waals surface area contributed by atoms with Crippen LogP contribution in [0.3, 0.4) is 0 Å². The first-order valence-corrected chi connectivity index (χ1v) is 4.32. The molecule has 0 aromatic carbocycles. The minimum atomic E-state index is 0.717. The zero-order valence-electron chi connectivity index (χ0n) is 7.56. The lowest BCUT2D eigenvalue weighted by Crippen LogP contribution is -2.07. The smallest absolute Gasteiger partial charge is 0.0342 e. The fourth-order valence-electron chi connectivity index (χ4n) is 0.946. The van der Waals surface area contributed by atoms with Crippen molar-refractivity contribution in [1.82, 2.24) is 9.55 Å². The molecule has 0 unspecified atom stereocenters. The molecule has 3 N–H and O–H groups in total. The normalized spacial score (nSPS) is 9.00. The van der Waals surface area contributed by atoms with Crippen molar-refractivity contribution in [3.8, 4) is 0 Å². The average Bonchev–Trinajstić information content (AvgIpc) is 2.79. The SMILES string of the molecule is NCCn1cccc1.c1cc[nH]c1. The van der Waals surface area contributed by atoms with Gasteiger partial charge in [-0.05, 0) is 24.3 Å². The lowest BCUT2D eigenvalue weighted by Gasteiger charge is -1.95. The maximum Gasteiger partial charge on any atom is 0.0342 e. The molecule has 2 heterocycles. The minimum absolute atomic E-state index is 0.717. The summed E-state index contributed by atoms with van der Waals surface area (Å²) in [6.45, 7) is 1.64. The lowest BCUT2D eigenvalue weighted by molar-refractivity contribution is 0.713. The molecule has 0 saturated heterocycles. The third kappa shape index (κ3) is 4.18. The number of hydrogen-bond acceptors (Lipinski definition) is 1. The number of aromatic amines is 1. The molecule has 0 fully saturated rings. The Hall–Kier alpha value is -1.48. The Labute approximate surface area is 78.2 Å². The van der Waals surface area contributed by atoms with Crippen LogP contribution in [0.5, 0.6) is 0 Å². The molecule has 0 aliphatic rings. The molecule has 13 heavy (non-hydrogen) atoms. The van der Waals surface area contributed by atoms with E-state index in [1.54, 1.807) is 0 Å². The predicted molar refractivity (Wildman–Crippen MR) is 54.3 cm³/mol. The number of rotatable bonds is 2. The van der Waals surface area contributed by atoms with E-state index < -0.39 is 0 Å². The largest absolute Gasteiger partial charge is 0.368 e. The molecule has 2 rings (SSSR count). The molecule has 3 heteroatoms. The predicted octanol–water partition coefficient (Wildman–Crippen LogP) is 1.46. The average molecular weight is 177 g/mol. The van der Waals surface area contributed by atoms with Gasteiger partial charge in [0.1, 0.15) is 0 Å². The number of hydrogen-bond donors (Lipinski definition) is 2. The molecule has 70 valence electrons. The summed E-state index contributed by atoms with van der Waals surface area (Å²) in [5.74, 6) is 0. The summed E-state index contributed by atoms with van der Waals surface area (Å²) in [6, 6.07) is 7.88. The Balaban J connectivity index is 0.000000145. The van der Waals surface area contributed by atoms with Gasteiger partial charge in [0.15, 0.2) is 0 Å². The van der Waals surface area contributed by atoms with Crippen LogP contribution in [0.15, 0.2) is 49.1 Å². The first-order chi connectivity index (χ1) is 6.43. The minimum Gasteiger partial charge on any atom is -0.368 e. The van der Waals surface area contributed by atoms with E-state index >= 15 is 0 Å². The molecular formula is C10H15N3. The van der Waals surface area contributed by atoms with Gasteiger partial charge in [-0.3, -0.25) is 0 Å². The Morgan fingerprint density at radius 2 is 1.62 bits per heavy atom. The van der Waals surface area contributed by atoms with Gasteiger partial charge < -0.3 is 15.3 Å².